The fraction of sp³-hybridized carbons (Fsp3) is 0.545. The number of carbonyl (C=O) groups is 1. The molecular formula is C22H32N6O. The lowest BCUT2D eigenvalue weighted by Crippen LogP contribution is -2.44. The largest absolute Gasteiger partial charge is 0.336 e. The topological polar surface area (TPSA) is 56.6 Å². The lowest BCUT2D eigenvalue weighted by molar-refractivity contribution is 0.101. The van der Waals surface area contributed by atoms with Crippen LogP contribution in [0.1, 0.15) is 35.4 Å². The molecule has 1 aromatic heterocycles. The third-order valence-corrected chi connectivity index (χ3v) is 6.07. The zero-order valence-electron chi connectivity index (χ0n) is 17.8. The van der Waals surface area contributed by atoms with Gasteiger partial charge >= 0.3 is 0 Å². The first kappa shape index (κ1) is 19.9. The second-order valence-electron chi connectivity index (χ2n) is 8.23. The zero-order chi connectivity index (χ0) is 20.4. The molecule has 2 aromatic rings. The second-order valence-corrected chi connectivity index (χ2v) is 8.23. The summed E-state index contributed by atoms with van der Waals surface area (Å²) >= 11 is 0. The van der Waals surface area contributed by atoms with Crippen molar-refractivity contribution < 1.29 is 4.79 Å². The first-order valence-corrected chi connectivity index (χ1v) is 10.7. The monoisotopic (exact) mass is 396 g/mol. The van der Waals surface area contributed by atoms with E-state index >= 15 is 0 Å². The molecule has 3 heterocycles. The Bertz CT molecular complexity index is 868. The molecule has 1 fully saturated rings. The van der Waals surface area contributed by atoms with E-state index in [1.54, 1.807) is 4.68 Å². The number of hydrogen-bond acceptors (Lipinski definition) is 5. The highest BCUT2D eigenvalue weighted by Crippen LogP contribution is 2.39. The van der Waals surface area contributed by atoms with Crippen molar-refractivity contribution in [3.63, 3.8) is 0 Å². The SMILES string of the molecule is Cc1nn(C)c2c1N(CCCCCN1CCN(C)CC1)c1ccccc1NC2=O. The lowest BCUT2D eigenvalue weighted by Gasteiger charge is -2.32. The van der Waals surface area contributed by atoms with Crippen LogP contribution in [-0.2, 0) is 7.05 Å². The fourth-order valence-corrected chi connectivity index (χ4v) is 4.43. The van der Waals surface area contributed by atoms with Gasteiger partial charge in [0, 0.05) is 39.8 Å². The quantitative estimate of drug-likeness (QED) is 0.761. The third kappa shape index (κ3) is 4.16. The molecular weight excluding hydrogens is 364 g/mol. The Morgan fingerprint density at radius 1 is 1.00 bits per heavy atom. The van der Waals surface area contributed by atoms with Gasteiger partial charge in [0.25, 0.3) is 5.91 Å². The van der Waals surface area contributed by atoms with Crippen molar-refractivity contribution in [2.24, 2.45) is 7.05 Å². The summed E-state index contributed by atoms with van der Waals surface area (Å²) in [7, 11) is 4.04. The number of rotatable bonds is 6. The molecule has 4 rings (SSSR count). The molecule has 7 heteroatoms. The predicted octanol–water partition coefficient (Wildman–Crippen LogP) is 2.85. The van der Waals surface area contributed by atoms with Gasteiger partial charge in [0.2, 0.25) is 0 Å². The maximum atomic E-state index is 12.8. The minimum atomic E-state index is -0.0897. The molecule has 1 amide bonds. The minimum Gasteiger partial charge on any atom is -0.336 e. The van der Waals surface area contributed by atoms with Gasteiger partial charge in [0.05, 0.1) is 22.8 Å². The molecule has 0 unspecified atom stereocenters. The number of carbonyl (C=O) groups excluding carboxylic acids is 1. The van der Waals surface area contributed by atoms with Gasteiger partial charge in [-0.15, -0.1) is 0 Å². The molecule has 7 nitrogen and oxygen atoms in total. The van der Waals surface area contributed by atoms with E-state index in [1.807, 2.05) is 32.2 Å². The standard InChI is InChI=1S/C22H32N6O/c1-17-20-21(26(3)24-17)22(29)23-18-9-5-6-10-19(18)28(20)12-8-4-7-11-27-15-13-25(2)14-16-27/h5-6,9-10H,4,7-8,11-16H2,1-3H3,(H,23,29). The molecule has 1 aromatic carbocycles. The number of nitrogens with zero attached hydrogens (tertiary/aromatic N) is 5. The van der Waals surface area contributed by atoms with Crippen molar-refractivity contribution in [1.82, 2.24) is 19.6 Å². The number of likely N-dealkylation sites (N-methyl/N-ethyl adjacent to an activating group) is 1. The van der Waals surface area contributed by atoms with Crippen molar-refractivity contribution >= 4 is 23.0 Å². The molecule has 0 atom stereocenters. The summed E-state index contributed by atoms with van der Waals surface area (Å²) < 4.78 is 1.70. The van der Waals surface area contributed by atoms with E-state index in [-0.39, 0.29) is 5.91 Å². The number of fused-ring (bicyclic) bond motifs is 2. The summed E-state index contributed by atoms with van der Waals surface area (Å²) in [6.45, 7) is 8.77. The van der Waals surface area contributed by atoms with Crippen molar-refractivity contribution in [2.75, 3.05) is 56.5 Å². The molecule has 1 saturated heterocycles. The summed E-state index contributed by atoms with van der Waals surface area (Å²) in [6.07, 6.45) is 3.49. The van der Waals surface area contributed by atoms with Crippen LogP contribution in [0.25, 0.3) is 0 Å². The number of unbranched alkanes of at least 4 members (excludes halogenated alkanes) is 2. The number of aromatic nitrogens is 2. The Morgan fingerprint density at radius 3 is 2.52 bits per heavy atom. The van der Waals surface area contributed by atoms with E-state index in [9.17, 15) is 4.79 Å². The molecule has 2 aliphatic heterocycles. The second kappa shape index (κ2) is 8.55. The Kier molecular flexibility index (Phi) is 5.87. The number of piperazine rings is 1. The highest BCUT2D eigenvalue weighted by molar-refractivity contribution is 6.11. The smallest absolute Gasteiger partial charge is 0.276 e. The molecule has 0 aliphatic carbocycles. The number of para-hydroxylation sites is 2. The van der Waals surface area contributed by atoms with Gasteiger partial charge in [-0.2, -0.15) is 5.10 Å². The molecule has 0 spiro atoms. The number of aryl methyl sites for hydroxylation is 2. The van der Waals surface area contributed by atoms with Crippen LogP contribution in [0.2, 0.25) is 0 Å². The Balaban J connectivity index is 1.44. The van der Waals surface area contributed by atoms with Crippen molar-refractivity contribution in [3.8, 4) is 0 Å². The van der Waals surface area contributed by atoms with Crippen molar-refractivity contribution in [2.45, 2.75) is 26.2 Å². The van der Waals surface area contributed by atoms with Crippen LogP contribution in [-0.4, -0.2) is 71.8 Å². The first-order chi connectivity index (χ1) is 14.0. The van der Waals surface area contributed by atoms with Crippen LogP contribution in [0.5, 0.6) is 0 Å². The highest BCUT2D eigenvalue weighted by Gasteiger charge is 2.30. The van der Waals surface area contributed by atoms with Crippen LogP contribution in [0.3, 0.4) is 0 Å². The first-order valence-electron chi connectivity index (χ1n) is 10.7. The maximum Gasteiger partial charge on any atom is 0.276 e. The van der Waals surface area contributed by atoms with Gasteiger partial charge in [-0.1, -0.05) is 18.6 Å². The highest BCUT2D eigenvalue weighted by atomic mass is 16.2. The number of nitrogens with one attached hydrogen (secondary N) is 1. The molecule has 0 radical (unpaired) electrons. The lowest BCUT2D eigenvalue weighted by atomic mass is 10.1. The van der Waals surface area contributed by atoms with Crippen LogP contribution in [0.15, 0.2) is 24.3 Å². The van der Waals surface area contributed by atoms with Crippen LogP contribution in [0, 0.1) is 6.92 Å². The van der Waals surface area contributed by atoms with Crippen molar-refractivity contribution in [3.05, 3.63) is 35.7 Å². The van der Waals surface area contributed by atoms with Gasteiger partial charge in [-0.05, 0) is 45.5 Å². The molecule has 0 bridgehead atoms. The average molecular weight is 397 g/mol. The van der Waals surface area contributed by atoms with E-state index in [4.69, 9.17) is 0 Å². The maximum absolute atomic E-state index is 12.8. The third-order valence-electron chi connectivity index (χ3n) is 6.07. The molecule has 0 saturated carbocycles. The van der Waals surface area contributed by atoms with Gasteiger partial charge in [0.1, 0.15) is 5.69 Å². The summed E-state index contributed by atoms with van der Waals surface area (Å²) in [6, 6.07) is 8.06. The number of hydrogen-bond donors (Lipinski definition) is 1. The van der Waals surface area contributed by atoms with E-state index in [0.29, 0.717) is 5.69 Å². The number of anilines is 3. The normalized spacial score (nSPS) is 17.6. The van der Waals surface area contributed by atoms with Crippen molar-refractivity contribution in [1.29, 1.82) is 0 Å². The van der Waals surface area contributed by atoms with Gasteiger partial charge in [0.15, 0.2) is 0 Å². The number of benzene rings is 1. The van der Waals surface area contributed by atoms with Gasteiger partial charge in [-0.25, -0.2) is 0 Å². The van der Waals surface area contributed by atoms with E-state index in [0.717, 1.165) is 35.7 Å². The van der Waals surface area contributed by atoms with Gasteiger partial charge in [-0.3, -0.25) is 9.48 Å². The summed E-state index contributed by atoms with van der Waals surface area (Å²) in [4.78, 5) is 20.1. The average Bonchev–Trinajstić information content (AvgIpc) is 2.93. The Hall–Kier alpha value is -2.38. The Labute approximate surface area is 173 Å². The summed E-state index contributed by atoms with van der Waals surface area (Å²) in [5.74, 6) is -0.0897. The molecule has 1 N–H and O–H groups in total. The molecule has 2 aliphatic rings. The fourth-order valence-electron chi connectivity index (χ4n) is 4.43. The van der Waals surface area contributed by atoms with Crippen LogP contribution < -0.4 is 10.2 Å². The molecule has 156 valence electrons. The van der Waals surface area contributed by atoms with Crippen LogP contribution in [0.4, 0.5) is 17.1 Å². The summed E-state index contributed by atoms with van der Waals surface area (Å²) in [5.41, 5.74) is 4.39. The number of amides is 1. The minimum absolute atomic E-state index is 0.0897. The van der Waals surface area contributed by atoms with Crippen LogP contribution >= 0.6 is 0 Å². The predicted molar refractivity (Wildman–Crippen MR) is 117 cm³/mol. The zero-order valence-corrected chi connectivity index (χ0v) is 17.8. The summed E-state index contributed by atoms with van der Waals surface area (Å²) in [5, 5.41) is 7.58. The Morgan fingerprint density at radius 2 is 1.72 bits per heavy atom. The van der Waals surface area contributed by atoms with E-state index < -0.39 is 0 Å². The van der Waals surface area contributed by atoms with Gasteiger partial charge < -0.3 is 20.0 Å². The van der Waals surface area contributed by atoms with E-state index in [2.05, 4.69) is 38.2 Å². The molecule has 29 heavy (non-hydrogen) atoms. The van der Waals surface area contributed by atoms with E-state index in [1.165, 1.54) is 45.6 Å².